The Labute approximate surface area is 121 Å². The zero-order valence-electron chi connectivity index (χ0n) is 12.5. The number of nitrogens with two attached hydrogens (primary N) is 1. The average molecular weight is 278 g/mol. The fourth-order valence-corrected chi connectivity index (χ4v) is 2.72. The van der Waals surface area contributed by atoms with E-state index in [4.69, 9.17) is 15.2 Å². The van der Waals surface area contributed by atoms with Crippen molar-refractivity contribution in [3.63, 3.8) is 0 Å². The summed E-state index contributed by atoms with van der Waals surface area (Å²) in [6.07, 6.45) is 2.55. The lowest BCUT2D eigenvalue weighted by Crippen LogP contribution is -2.37. The van der Waals surface area contributed by atoms with E-state index in [0.717, 1.165) is 13.2 Å². The van der Waals surface area contributed by atoms with Crippen LogP contribution in [0, 0.1) is 0 Å². The number of rotatable bonds is 9. The summed E-state index contributed by atoms with van der Waals surface area (Å²) >= 11 is 0. The minimum absolute atomic E-state index is 0.273. The Balaban J connectivity index is 2.13. The maximum absolute atomic E-state index is 6.05. The van der Waals surface area contributed by atoms with Crippen LogP contribution in [0.25, 0.3) is 0 Å². The maximum atomic E-state index is 6.05. The summed E-state index contributed by atoms with van der Waals surface area (Å²) in [4.78, 5) is 2.50. The molecule has 4 heteroatoms. The van der Waals surface area contributed by atoms with Gasteiger partial charge in [0.05, 0.1) is 13.2 Å². The molecule has 112 valence electrons. The highest BCUT2D eigenvalue weighted by Crippen LogP contribution is 2.34. The van der Waals surface area contributed by atoms with Crippen molar-refractivity contribution in [3.05, 3.63) is 35.4 Å². The number of hydrogen-bond acceptors (Lipinski definition) is 4. The second-order valence-corrected chi connectivity index (χ2v) is 5.39. The molecule has 4 nitrogen and oxygen atoms in total. The van der Waals surface area contributed by atoms with Gasteiger partial charge in [-0.25, -0.2) is 0 Å². The van der Waals surface area contributed by atoms with Gasteiger partial charge in [-0.05, 0) is 24.0 Å². The molecule has 1 fully saturated rings. The molecule has 0 bridgehead atoms. The Hall–Kier alpha value is -0.940. The first-order chi connectivity index (χ1) is 9.80. The van der Waals surface area contributed by atoms with Crippen LogP contribution in [0.5, 0.6) is 0 Å². The highest BCUT2D eigenvalue weighted by Gasteiger charge is 2.33. The largest absolute Gasteiger partial charge is 0.383 e. The first kappa shape index (κ1) is 15.4. The van der Waals surface area contributed by atoms with E-state index >= 15 is 0 Å². The number of hydrogen-bond donors (Lipinski definition) is 1. The van der Waals surface area contributed by atoms with E-state index in [9.17, 15) is 0 Å². The molecule has 1 aliphatic rings. The van der Waals surface area contributed by atoms with Crippen molar-refractivity contribution < 1.29 is 9.47 Å². The zero-order valence-corrected chi connectivity index (χ0v) is 12.5. The summed E-state index contributed by atoms with van der Waals surface area (Å²) in [5.41, 5.74) is 8.54. The average Bonchev–Trinajstić information content (AvgIpc) is 3.28. The van der Waals surface area contributed by atoms with Gasteiger partial charge in [0.2, 0.25) is 0 Å². The molecule has 2 N–H and O–H groups in total. The molecular weight excluding hydrogens is 252 g/mol. The zero-order chi connectivity index (χ0) is 14.4. The Morgan fingerprint density at radius 1 is 1.30 bits per heavy atom. The quantitative estimate of drug-likeness (QED) is 0.750. The van der Waals surface area contributed by atoms with E-state index in [1.54, 1.807) is 14.2 Å². The minimum atomic E-state index is 0.273. The molecule has 1 unspecified atom stereocenters. The number of nitrogens with zero attached hydrogens (tertiary/aromatic N) is 1. The third kappa shape index (κ3) is 4.03. The lowest BCUT2D eigenvalue weighted by molar-refractivity contribution is 0.115. The van der Waals surface area contributed by atoms with Crippen LogP contribution in [0.1, 0.15) is 30.0 Å². The van der Waals surface area contributed by atoms with Gasteiger partial charge in [0.1, 0.15) is 0 Å². The van der Waals surface area contributed by atoms with Crippen LogP contribution in [0.2, 0.25) is 0 Å². The fourth-order valence-electron chi connectivity index (χ4n) is 2.72. The number of ether oxygens (including phenoxy) is 2. The van der Waals surface area contributed by atoms with Crippen LogP contribution in [0.4, 0.5) is 0 Å². The standard InChI is InChI=1S/C16H26N2O2/c1-19-9-8-18(15-6-7-15)16(11-17)14-5-3-4-13(10-14)12-20-2/h3-5,10,15-16H,6-9,11-12,17H2,1-2H3. The van der Waals surface area contributed by atoms with Crippen molar-refractivity contribution in [1.29, 1.82) is 0 Å². The molecule has 0 heterocycles. The van der Waals surface area contributed by atoms with E-state index in [1.165, 1.54) is 24.0 Å². The maximum Gasteiger partial charge on any atom is 0.0713 e. The monoisotopic (exact) mass is 278 g/mol. The third-order valence-corrected chi connectivity index (χ3v) is 3.84. The van der Waals surface area contributed by atoms with Crippen LogP contribution in [0.15, 0.2) is 24.3 Å². The second kappa shape index (κ2) is 7.74. The summed E-state index contributed by atoms with van der Waals surface area (Å²) in [6.45, 7) is 2.98. The van der Waals surface area contributed by atoms with Crippen molar-refractivity contribution in [2.45, 2.75) is 31.5 Å². The minimum Gasteiger partial charge on any atom is -0.383 e. The summed E-state index contributed by atoms with van der Waals surface area (Å²) in [7, 11) is 3.48. The van der Waals surface area contributed by atoms with Gasteiger partial charge < -0.3 is 15.2 Å². The highest BCUT2D eigenvalue weighted by molar-refractivity contribution is 5.26. The van der Waals surface area contributed by atoms with Gasteiger partial charge in [-0.2, -0.15) is 0 Å². The van der Waals surface area contributed by atoms with Gasteiger partial charge in [0.25, 0.3) is 0 Å². The molecule has 20 heavy (non-hydrogen) atoms. The Morgan fingerprint density at radius 2 is 2.10 bits per heavy atom. The summed E-state index contributed by atoms with van der Waals surface area (Å²) in [5, 5.41) is 0. The van der Waals surface area contributed by atoms with Crippen molar-refractivity contribution in [2.75, 3.05) is 33.9 Å². The van der Waals surface area contributed by atoms with Crippen LogP contribution in [0.3, 0.4) is 0 Å². The smallest absolute Gasteiger partial charge is 0.0713 e. The number of benzene rings is 1. The van der Waals surface area contributed by atoms with Crippen LogP contribution in [-0.4, -0.2) is 44.9 Å². The Bertz CT molecular complexity index is 407. The van der Waals surface area contributed by atoms with Crippen LogP contribution >= 0.6 is 0 Å². The summed E-state index contributed by atoms with van der Waals surface area (Å²) < 4.78 is 10.5. The topological polar surface area (TPSA) is 47.7 Å². The number of methoxy groups -OCH3 is 2. The van der Waals surface area contributed by atoms with Crippen LogP contribution < -0.4 is 5.73 Å². The molecule has 0 radical (unpaired) electrons. The van der Waals surface area contributed by atoms with E-state index in [0.29, 0.717) is 19.2 Å². The van der Waals surface area contributed by atoms with Gasteiger partial charge in [-0.1, -0.05) is 24.3 Å². The molecule has 1 aliphatic carbocycles. The Kier molecular flexibility index (Phi) is 5.98. The van der Waals surface area contributed by atoms with Gasteiger partial charge in [0, 0.05) is 39.4 Å². The molecule has 0 spiro atoms. The van der Waals surface area contributed by atoms with Gasteiger partial charge in [-0.15, -0.1) is 0 Å². The lowest BCUT2D eigenvalue weighted by Gasteiger charge is -2.31. The Morgan fingerprint density at radius 3 is 2.70 bits per heavy atom. The normalized spacial score (nSPS) is 16.6. The van der Waals surface area contributed by atoms with Crippen molar-refractivity contribution >= 4 is 0 Å². The molecule has 1 atom stereocenters. The molecule has 0 aliphatic heterocycles. The van der Waals surface area contributed by atoms with E-state index in [-0.39, 0.29) is 6.04 Å². The highest BCUT2D eigenvalue weighted by atomic mass is 16.5. The SMILES string of the molecule is COCCN(C1CC1)C(CN)c1cccc(COC)c1. The molecule has 1 saturated carbocycles. The van der Waals surface area contributed by atoms with E-state index in [1.807, 2.05) is 0 Å². The van der Waals surface area contributed by atoms with Crippen LogP contribution in [-0.2, 0) is 16.1 Å². The predicted octanol–water partition coefficient (Wildman–Crippen LogP) is 1.94. The molecule has 1 aromatic carbocycles. The lowest BCUT2D eigenvalue weighted by atomic mass is 10.0. The third-order valence-electron chi connectivity index (χ3n) is 3.84. The second-order valence-electron chi connectivity index (χ2n) is 5.39. The molecule has 0 aromatic heterocycles. The molecule has 2 rings (SSSR count). The first-order valence-corrected chi connectivity index (χ1v) is 7.32. The van der Waals surface area contributed by atoms with Gasteiger partial charge in [-0.3, -0.25) is 4.90 Å². The fraction of sp³-hybridized carbons (Fsp3) is 0.625. The molecular formula is C16H26N2O2. The van der Waals surface area contributed by atoms with Gasteiger partial charge in [0.15, 0.2) is 0 Å². The van der Waals surface area contributed by atoms with Gasteiger partial charge >= 0.3 is 0 Å². The molecule has 1 aromatic rings. The summed E-state index contributed by atoms with van der Waals surface area (Å²) in [6, 6.07) is 9.51. The van der Waals surface area contributed by atoms with Crippen molar-refractivity contribution in [3.8, 4) is 0 Å². The van der Waals surface area contributed by atoms with Crippen molar-refractivity contribution in [1.82, 2.24) is 4.90 Å². The van der Waals surface area contributed by atoms with Crippen molar-refractivity contribution in [2.24, 2.45) is 5.73 Å². The first-order valence-electron chi connectivity index (χ1n) is 7.32. The summed E-state index contributed by atoms with van der Waals surface area (Å²) in [5.74, 6) is 0. The molecule has 0 saturated heterocycles. The van der Waals surface area contributed by atoms with E-state index < -0.39 is 0 Å². The predicted molar refractivity (Wildman–Crippen MR) is 80.6 cm³/mol. The van der Waals surface area contributed by atoms with E-state index in [2.05, 4.69) is 29.2 Å². The molecule has 0 amide bonds.